The quantitative estimate of drug-likeness (QED) is 0.674. The number of rotatable bonds is 2. The van der Waals surface area contributed by atoms with Gasteiger partial charge in [-0.3, -0.25) is 0 Å². The molecule has 0 unspecified atom stereocenters. The van der Waals surface area contributed by atoms with Crippen LogP contribution in [0.25, 0.3) is 21.3 Å². The number of aromatic nitrogens is 1. The summed E-state index contributed by atoms with van der Waals surface area (Å²) >= 11 is 1.88. The van der Waals surface area contributed by atoms with Crippen molar-refractivity contribution in [3.63, 3.8) is 0 Å². The van der Waals surface area contributed by atoms with Gasteiger partial charge in [0, 0.05) is 16.5 Å². The fourth-order valence-electron chi connectivity index (χ4n) is 3.19. The van der Waals surface area contributed by atoms with Crippen molar-refractivity contribution in [2.45, 2.75) is 25.7 Å². The van der Waals surface area contributed by atoms with Crippen molar-refractivity contribution in [3.8, 4) is 16.9 Å². The zero-order valence-corrected chi connectivity index (χ0v) is 12.9. The highest BCUT2D eigenvalue weighted by Crippen LogP contribution is 2.40. The van der Waals surface area contributed by atoms with E-state index in [-0.39, 0.29) is 0 Å². The molecule has 106 valence electrons. The molecule has 2 aromatic heterocycles. The van der Waals surface area contributed by atoms with Gasteiger partial charge in [-0.1, -0.05) is 12.1 Å². The molecule has 1 aromatic carbocycles. The minimum absolute atomic E-state index is 0.899. The molecule has 0 bridgehead atoms. The van der Waals surface area contributed by atoms with Crippen LogP contribution < -0.4 is 4.74 Å². The molecule has 0 radical (unpaired) electrons. The number of pyridine rings is 1. The van der Waals surface area contributed by atoms with Gasteiger partial charge in [0.25, 0.3) is 0 Å². The Bertz CT molecular complexity index is 789. The third kappa shape index (κ3) is 2.12. The molecular formula is C18H17NOS. The van der Waals surface area contributed by atoms with E-state index < -0.39 is 0 Å². The predicted octanol–water partition coefficient (Wildman–Crippen LogP) is 4.85. The van der Waals surface area contributed by atoms with Crippen LogP contribution in [0.1, 0.15) is 23.3 Å². The van der Waals surface area contributed by atoms with E-state index in [1.54, 1.807) is 17.6 Å². The highest BCUT2D eigenvalue weighted by molar-refractivity contribution is 7.19. The Hall–Kier alpha value is -1.87. The van der Waals surface area contributed by atoms with E-state index in [1.165, 1.54) is 47.0 Å². The maximum absolute atomic E-state index is 5.26. The molecule has 1 aliphatic carbocycles. The van der Waals surface area contributed by atoms with Gasteiger partial charge in [0.05, 0.1) is 7.11 Å². The topological polar surface area (TPSA) is 22.1 Å². The summed E-state index contributed by atoms with van der Waals surface area (Å²) in [5.41, 5.74) is 4.09. The Morgan fingerprint density at radius 2 is 1.86 bits per heavy atom. The monoisotopic (exact) mass is 295 g/mol. The third-order valence-electron chi connectivity index (χ3n) is 4.26. The third-order valence-corrected chi connectivity index (χ3v) is 5.46. The van der Waals surface area contributed by atoms with Crippen LogP contribution in [-0.2, 0) is 12.8 Å². The van der Waals surface area contributed by atoms with Crippen molar-refractivity contribution in [2.75, 3.05) is 7.11 Å². The number of aryl methyl sites for hydroxylation is 2. The van der Waals surface area contributed by atoms with Crippen molar-refractivity contribution in [2.24, 2.45) is 0 Å². The SMILES string of the molecule is COc1ccc(-c2ccnc3sc4c(c23)CCCC4)cc1. The Kier molecular flexibility index (Phi) is 3.15. The minimum atomic E-state index is 0.899. The molecule has 21 heavy (non-hydrogen) atoms. The van der Waals surface area contributed by atoms with Crippen LogP contribution in [0, 0.1) is 0 Å². The second kappa shape index (κ2) is 5.15. The number of benzene rings is 1. The van der Waals surface area contributed by atoms with Crippen molar-refractivity contribution >= 4 is 21.6 Å². The summed E-state index contributed by atoms with van der Waals surface area (Å²) in [6.45, 7) is 0. The second-order valence-corrected chi connectivity index (χ2v) is 6.56. The van der Waals surface area contributed by atoms with E-state index in [0.717, 1.165) is 5.75 Å². The summed E-state index contributed by atoms with van der Waals surface area (Å²) in [4.78, 5) is 7.34. The normalized spacial score (nSPS) is 14.1. The first-order valence-electron chi connectivity index (χ1n) is 7.40. The fraction of sp³-hybridized carbons (Fsp3) is 0.278. The lowest BCUT2D eigenvalue weighted by atomic mass is 9.93. The van der Waals surface area contributed by atoms with Gasteiger partial charge >= 0.3 is 0 Å². The lowest BCUT2D eigenvalue weighted by Crippen LogP contribution is -1.98. The van der Waals surface area contributed by atoms with Gasteiger partial charge in [0.15, 0.2) is 0 Å². The Morgan fingerprint density at radius 3 is 2.67 bits per heavy atom. The number of nitrogens with zero attached hydrogens (tertiary/aromatic N) is 1. The number of hydrogen-bond acceptors (Lipinski definition) is 3. The van der Waals surface area contributed by atoms with Crippen molar-refractivity contribution < 1.29 is 4.74 Å². The number of ether oxygens (including phenoxy) is 1. The smallest absolute Gasteiger partial charge is 0.124 e. The summed E-state index contributed by atoms with van der Waals surface area (Å²) in [6.07, 6.45) is 6.97. The molecule has 0 saturated heterocycles. The molecule has 4 rings (SSSR count). The standard InChI is InChI=1S/C18H17NOS/c1-20-13-8-6-12(7-9-13)14-10-11-19-18-17(14)15-4-2-3-5-16(15)21-18/h6-11H,2-5H2,1H3. The van der Waals surface area contributed by atoms with Crippen LogP contribution in [0.3, 0.4) is 0 Å². The second-order valence-electron chi connectivity index (χ2n) is 5.48. The van der Waals surface area contributed by atoms with Gasteiger partial charge in [0.2, 0.25) is 0 Å². The van der Waals surface area contributed by atoms with Gasteiger partial charge in [-0.2, -0.15) is 0 Å². The molecule has 2 nitrogen and oxygen atoms in total. The van der Waals surface area contributed by atoms with E-state index >= 15 is 0 Å². The Labute approximate surface area is 128 Å². The van der Waals surface area contributed by atoms with Crippen LogP contribution >= 0.6 is 11.3 Å². The van der Waals surface area contributed by atoms with E-state index in [9.17, 15) is 0 Å². The average Bonchev–Trinajstić information content (AvgIpc) is 2.93. The van der Waals surface area contributed by atoms with Crippen LogP contribution in [0.4, 0.5) is 0 Å². The molecule has 0 aliphatic heterocycles. The molecule has 2 heterocycles. The maximum Gasteiger partial charge on any atom is 0.124 e. The molecule has 0 saturated carbocycles. The average molecular weight is 295 g/mol. The molecule has 0 spiro atoms. The zero-order valence-electron chi connectivity index (χ0n) is 12.1. The summed E-state index contributed by atoms with van der Waals surface area (Å²) in [5.74, 6) is 0.899. The molecule has 0 N–H and O–H groups in total. The molecule has 3 heteroatoms. The lowest BCUT2D eigenvalue weighted by molar-refractivity contribution is 0.415. The van der Waals surface area contributed by atoms with Crippen LogP contribution in [0.15, 0.2) is 36.5 Å². The minimum Gasteiger partial charge on any atom is -0.497 e. The lowest BCUT2D eigenvalue weighted by Gasteiger charge is -2.12. The van der Waals surface area contributed by atoms with E-state index in [1.807, 2.05) is 29.7 Å². The summed E-state index contributed by atoms with van der Waals surface area (Å²) < 4.78 is 5.26. The highest BCUT2D eigenvalue weighted by atomic mass is 32.1. The van der Waals surface area contributed by atoms with Gasteiger partial charge in [-0.15, -0.1) is 11.3 Å². The van der Waals surface area contributed by atoms with Crippen LogP contribution in [-0.4, -0.2) is 12.1 Å². The van der Waals surface area contributed by atoms with Crippen molar-refractivity contribution in [1.29, 1.82) is 0 Å². The molecule has 1 aliphatic rings. The molecule has 0 fully saturated rings. The van der Waals surface area contributed by atoms with Gasteiger partial charge in [-0.25, -0.2) is 4.98 Å². The molecule has 0 amide bonds. The van der Waals surface area contributed by atoms with E-state index in [2.05, 4.69) is 23.2 Å². The Morgan fingerprint density at radius 1 is 1.05 bits per heavy atom. The zero-order chi connectivity index (χ0) is 14.2. The number of thiophene rings is 1. The Balaban J connectivity index is 1.93. The number of fused-ring (bicyclic) bond motifs is 3. The number of hydrogen-bond donors (Lipinski definition) is 0. The molecule has 3 aromatic rings. The van der Waals surface area contributed by atoms with E-state index in [0.29, 0.717) is 0 Å². The van der Waals surface area contributed by atoms with Crippen LogP contribution in [0.5, 0.6) is 5.75 Å². The first-order valence-corrected chi connectivity index (χ1v) is 8.22. The van der Waals surface area contributed by atoms with E-state index in [4.69, 9.17) is 4.74 Å². The molecule has 0 atom stereocenters. The fourth-order valence-corrected chi connectivity index (χ4v) is 4.45. The first kappa shape index (κ1) is 12.8. The van der Waals surface area contributed by atoms with Gasteiger partial charge in [-0.05, 0) is 60.6 Å². The molecular weight excluding hydrogens is 278 g/mol. The number of methoxy groups -OCH3 is 1. The largest absolute Gasteiger partial charge is 0.497 e. The predicted molar refractivity (Wildman–Crippen MR) is 88.3 cm³/mol. The van der Waals surface area contributed by atoms with Crippen molar-refractivity contribution in [1.82, 2.24) is 4.98 Å². The highest BCUT2D eigenvalue weighted by Gasteiger charge is 2.19. The van der Waals surface area contributed by atoms with Gasteiger partial charge in [0.1, 0.15) is 10.6 Å². The maximum atomic E-state index is 5.26. The summed E-state index contributed by atoms with van der Waals surface area (Å²) in [6, 6.07) is 10.5. The van der Waals surface area contributed by atoms with Crippen LogP contribution in [0.2, 0.25) is 0 Å². The summed E-state index contributed by atoms with van der Waals surface area (Å²) in [5, 5.41) is 1.38. The first-order chi connectivity index (χ1) is 10.4. The summed E-state index contributed by atoms with van der Waals surface area (Å²) in [7, 11) is 1.70. The van der Waals surface area contributed by atoms with Gasteiger partial charge < -0.3 is 4.74 Å². The van der Waals surface area contributed by atoms with Crippen molar-refractivity contribution in [3.05, 3.63) is 47.0 Å².